The molecule has 10 heteroatoms. The number of hydrogen-bond acceptors (Lipinski definition) is 6. The average molecular weight is 427 g/mol. The van der Waals surface area contributed by atoms with Crippen LogP contribution in [0.5, 0.6) is 17.2 Å². The van der Waals surface area contributed by atoms with Crippen molar-refractivity contribution in [2.75, 3.05) is 18.7 Å². The predicted octanol–water partition coefficient (Wildman–Crippen LogP) is 2.77. The van der Waals surface area contributed by atoms with Gasteiger partial charge in [-0.1, -0.05) is 11.6 Å². The van der Waals surface area contributed by atoms with Crippen LogP contribution in [0.4, 0.5) is 5.69 Å². The van der Waals surface area contributed by atoms with Crippen molar-refractivity contribution in [3.8, 4) is 17.2 Å². The molecule has 0 fully saturated rings. The molecule has 28 heavy (non-hydrogen) atoms. The van der Waals surface area contributed by atoms with E-state index in [1.165, 1.54) is 25.1 Å². The number of anilines is 1. The standard InChI is InChI=1S/C18H19ClN2O6S/c1-3-25-15-7-5-13(9-14(15)19)28(23,24)21-11(2)18(22)20-12-4-6-16-17(8-12)27-10-26-16/h4-9,11,21H,3,10H2,1-2H3,(H,20,22)/t11-/m1/s1. The summed E-state index contributed by atoms with van der Waals surface area (Å²) in [6.45, 7) is 3.76. The van der Waals surface area contributed by atoms with Crippen molar-refractivity contribution in [3.05, 3.63) is 41.4 Å². The van der Waals surface area contributed by atoms with E-state index in [0.29, 0.717) is 29.5 Å². The molecule has 0 saturated heterocycles. The largest absolute Gasteiger partial charge is 0.492 e. The van der Waals surface area contributed by atoms with Crippen molar-refractivity contribution >= 4 is 33.2 Å². The highest BCUT2D eigenvalue weighted by molar-refractivity contribution is 7.89. The van der Waals surface area contributed by atoms with Crippen LogP contribution in [0.2, 0.25) is 5.02 Å². The Balaban J connectivity index is 1.68. The molecule has 150 valence electrons. The highest BCUT2D eigenvalue weighted by atomic mass is 35.5. The highest BCUT2D eigenvalue weighted by Crippen LogP contribution is 2.34. The van der Waals surface area contributed by atoms with Crippen molar-refractivity contribution in [1.29, 1.82) is 0 Å². The van der Waals surface area contributed by atoms with Gasteiger partial charge in [0.1, 0.15) is 5.75 Å². The molecule has 2 aromatic carbocycles. The number of fused-ring (bicyclic) bond motifs is 1. The van der Waals surface area contributed by atoms with Gasteiger partial charge in [0.2, 0.25) is 22.7 Å². The van der Waals surface area contributed by atoms with E-state index >= 15 is 0 Å². The Morgan fingerprint density at radius 3 is 2.68 bits per heavy atom. The second kappa shape index (κ2) is 8.26. The summed E-state index contributed by atoms with van der Waals surface area (Å²) in [5.74, 6) is 0.949. The maximum atomic E-state index is 12.5. The maximum absolute atomic E-state index is 12.5. The molecule has 8 nitrogen and oxygen atoms in total. The van der Waals surface area contributed by atoms with Crippen LogP contribution in [0.15, 0.2) is 41.3 Å². The molecule has 1 atom stereocenters. The average Bonchev–Trinajstić information content (AvgIpc) is 3.11. The third-order valence-electron chi connectivity index (χ3n) is 3.88. The Morgan fingerprint density at radius 1 is 1.21 bits per heavy atom. The fourth-order valence-electron chi connectivity index (χ4n) is 2.50. The van der Waals surface area contributed by atoms with Crippen molar-refractivity contribution in [2.24, 2.45) is 0 Å². The number of rotatable bonds is 7. The molecule has 0 radical (unpaired) electrons. The Morgan fingerprint density at radius 2 is 1.96 bits per heavy atom. The summed E-state index contributed by atoms with van der Waals surface area (Å²) in [6.07, 6.45) is 0. The van der Waals surface area contributed by atoms with Crippen molar-refractivity contribution in [1.82, 2.24) is 4.72 Å². The molecular formula is C18H19ClN2O6S. The molecule has 2 aromatic rings. The fourth-order valence-corrected chi connectivity index (χ4v) is 4.03. The minimum atomic E-state index is -3.96. The Bertz CT molecular complexity index is 996. The molecule has 0 aliphatic carbocycles. The number of carbonyl (C=O) groups excluding carboxylic acids is 1. The summed E-state index contributed by atoms with van der Waals surface area (Å²) in [5.41, 5.74) is 0.462. The molecule has 1 amide bonds. The lowest BCUT2D eigenvalue weighted by Gasteiger charge is -2.15. The number of carbonyl (C=O) groups is 1. The third-order valence-corrected chi connectivity index (χ3v) is 5.71. The zero-order valence-electron chi connectivity index (χ0n) is 15.2. The highest BCUT2D eigenvalue weighted by Gasteiger charge is 2.23. The van der Waals surface area contributed by atoms with Crippen molar-refractivity contribution in [2.45, 2.75) is 24.8 Å². The van der Waals surface area contributed by atoms with Crippen LogP contribution in [-0.4, -0.2) is 33.8 Å². The van der Waals surface area contributed by atoms with E-state index < -0.39 is 22.0 Å². The minimum absolute atomic E-state index is 0.0660. The third kappa shape index (κ3) is 4.49. The van der Waals surface area contributed by atoms with Gasteiger partial charge in [0.15, 0.2) is 11.5 Å². The fraction of sp³-hybridized carbons (Fsp3) is 0.278. The van der Waals surface area contributed by atoms with Gasteiger partial charge < -0.3 is 19.5 Å². The van der Waals surface area contributed by atoms with Gasteiger partial charge in [-0.25, -0.2) is 8.42 Å². The number of halogens is 1. The first-order valence-electron chi connectivity index (χ1n) is 8.45. The number of benzene rings is 2. The molecule has 2 N–H and O–H groups in total. The first-order valence-corrected chi connectivity index (χ1v) is 10.3. The lowest BCUT2D eigenvalue weighted by atomic mass is 10.2. The van der Waals surface area contributed by atoms with Crippen molar-refractivity contribution < 1.29 is 27.4 Å². The Labute approximate surface area is 167 Å². The van der Waals surface area contributed by atoms with Crippen LogP contribution < -0.4 is 24.2 Å². The zero-order chi connectivity index (χ0) is 20.3. The van der Waals surface area contributed by atoms with Crippen LogP contribution in [-0.2, 0) is 14.8 Å². The summed E-state index contributed by atoms with van der Waals surface area (Å²) in [6, 6.07) is 7.98. The van der Waals surface area contributed by atoms with Gasteiger partial charge in [-0.05, 0) is 44.2 Å². The van der Waals surface area contributed by atoms with Crippen LogP contribution >= 0.6 is 11.6 Å². The van der Waals surface area contributed by atoms with E-state index in [1.807, 2.05) is 0 Å². The van der Waals surface area contributed by atoms with E-state index in [2.05, 4.69) is 10.0 Å². The normalized spacial score (nSPS) is 13.8. The molecule has 0 spiro atoms. The second-order valence-electron chi connectivity index (χ2n) is 5.93. The summed E-state index contributed by atoms with van der Waals surface area (Å²) in [5, 5.41) is 2.80. The summed E-state index contributed by atoms with van der Waals surface area (Å²) >= 11 is 6.05. The number of ether oxygens (including phenoxy) is 3. The summed E-state index contributed by atoms with van der Waals surface area (Å²) < 4.78 is 43.2. The molecule has 0 bridgehead atoms. The summed E-state index contributed by atoms with van der Waals surface area (Å²) in [7, 11) is -3.96. The van der Waals surface area contributed by atoms with E-state index in [4.69, 9.17) is 25.8 Å². The lowest BCUT2D eigenvalue weighted by molar-refractivity contribution is -0.117. The molecule has 3 rings (SSSR count). The van der Waals surface area contributed by atoms with E-state index in [9.17, 15) is 13.2 Å². The Hall–Kier alpha value is -2.49. The summed E-state index contributed by atoms with van der Waals surface area (Å²) in [4.78, 5) is 12.3. The molecule has 0 saturated carbocycles. The number of sulfonamides is 1. The molecule has 1 heterocycles. The van der Waals surface area contributed by atoms with Gasteiger partial charge in [-0.15, -0.1) is 0 Å². The quantitative estimate of drug-likeness (QED) is 0.705. The van der Waals surface area contributed by atoms with E-state index in [0.717, 1.165) is 0 Å². The number of amides is 1. The van der Waals surface area contributed by atoms with Gasteiger partial charge in [0.05, 0.1) is 22.6 Å². The minimum Gasteiger partial charge on any atom is -0.492 e. The SMILES string of the molecule is CCOc1ccc(S(=O)(=O)N[C@H](C)C(=O)Nc2ccc3c(c2)OCO3)cc1Cl. The predicted molar refractivity (Wildman–Crippen MR) is 104 cm³/mol. The van der Waals surface area contributed by atoms with Crippen LogP contribution in [0.1, 0.15) is 13.8 Å². The molecule has 0 aromatic heterocycles. The molecular weight excluding hydrogens is 408 g/mol. The smallest absolute Gasteiger partial charge is 0.242 e. The zero-order valence-corrected chi connectivity index (χ0v) is 16.8. The Kier molecular flexibility index (Phi) is 5.97. The first-order chi connectivity index (χ1) is 13.3. The van der Waals surface area contributed by atoms with E-state index in [-0.39, 0.29) is 16.7 Å². The van der Waals surface area contributed by atoms with Crippen LogP contribution in [0.25, 0.3) is 0 Å². The molecule has 1 aliphatic heterocycles. The number of hydrogen-bond donors (Lipinski definition) is 2. The monoisotopic (exact) mass is 426 g/mol. The van der Waals surface area contributed by atoms with Gasteiger partial charge in [0.25, 0.3) is 0 Å². The van der Waals surface area contributed by atoms with Gasteiger partial charge >= 0.3 is 0 Å². The van der Waals surface area contributed by atoms with Gasteiger partial charge in [0, 0.05) is 11.8 Å². The van der Waals surface area contributed by atoms with E-state index in [1.54, 1.807) is 25.1 Å². The maximum Gasteiger partial charge on any atom is 0.242 e. The topological polar surface area (TPSA) is 103 Å². The molecule has 1 aliphatic rings. The van der Waals surface area contributed by atoms with Gasteiger partial charge in [-0.2, -0.15) is 4.72 Å². The number of nitrogens with one attached hydrogen (secondary N) is 2. The lowest BCUT2D eigenvalue weighted by Crippen LogP contribution is -2.41. The van der Waals surface area contributed by atoms with Gasteiger partial charge in [-0.3, -0.25) is 4.79 Å². The van der Waals surface area contributed by atoms with Crippen molar-refractivity contribution in [3.63, 3.8) is 0 Å². The van der Waals surface area contributed by atoms with Crippen LogP contribution in [0, 0.1) is 0 Å². The molecule has 0 unspecified atom stereocenters. The first kappa shape index (κ1) is 20.2. The van der Waals surface area contributed by atoms with Crippen LogP contribution in [0.3, 0.4) is 0 Å². The second-order valence-corrected chi connectivity index (χ2v) is 8.05.